The lowest BCUT2D eigenvalue weighted by Gasteiger charge is -2.25. The quantitative estimate of drug-likeness (QED) is 0.635. The Kier molecular flexibility index (Phi) is 5.60. The first-order chi connectivity index (χ1) is 10.1. The third-order valence-corrected chi connectivity index (χ3v) is 4.23. The number of halogens is 1. The number of hydrogen-bond donors (Lipinski definition) is 0. The molecule has 0 aliphatic heterocycles. The van der Waals surface area contributed by atoms with Crippen LogP contribution < -0.4 is 4.74 Å². The average molecular weight is 288 g/mol. The van der Waals surface area contributed by atoms with Gasteiger partial charge in [0.05, 0.1) is 0 Å². The molecule has 0 radical (unpaired) electrons. The van der Waals surface area contributed by atoms with Crippen LogP contribution in [0.25, 0.3) is 0 Å². The van der Waals surface area contributed by atoms with Crippen molar-refractivity contribution >= 4 is 0 Å². The van der Waals surface area contributed by atoms with E-state index in [1.54, 1.807) is 18.2 Å². The molecule has 0 aromatic heterocycles. The minimum absolute atomic E-state index is 0.300. The highest BCUT2D eigenvalue weighted by Gasteiger charge is 2.20. The van der Waals surface area contributed by atoms with E-state index in [0.717, 1.165) is 17.8 Å². The molecule has 0 fully saturated rings. The van der Waals surface area contributed by atoms with Crippen LogP contribution in [0, 0.1) is 17.7 Å². The van der Waals surface area contributed by atoms with Crippen molar-refractivity contribution in [1.82, 2.24) is 0 Å². The molecule has 1 aromatic carbocycles. The molecule has 0 saturated carbocycles. The molecule has 114 valence electrons. The Morgan fingerprint density at radius 1 is 1.33 bits per heavy atom. The van der Waals surface area contributed by atoms with E-state index in [1.807, 2.05) is 6.92 Å². The standard InChI is InChI=1S/C19H25FO/c1-4-5-8-14(2)16-11-12-18(15(3)13-16)21-19-10-7-6-9-17(19)20/h6-7,9-10,12-14,16H,4-5,8,11H2,1-3H3. The topological polar surface area (TPSA) is 9.23 Å². The number of hydrogen-bond acceptors (Lipinski definition) is 1. The minimum atomic E-state index is -0.315. The summed E-state index contributed by atoms with van der Waals surface area (Å²) in [6.07, 6.45) is 9.17. The molecule has 0 saturated heterocycles. The largest absolute Gasteiger partial charge is 0.454 e. The van der Waals surface area contributed by atoms with Crippen LogP contribution in [-0.4, -0.2) is 0 Å². The van der Waals surface area contributed by atoms with Crippen LogP contribution in [0.3, 0.4) is 0 Å². The van der Waals surface area contributed by atoms with Crippen molar-refractivity contribution in [3.05, 3.63) is 53.6 Å². The molecule has 2 heteroatoms. The van der Waals surface area contributed by atoms with E-state index in [9.17, 15) is 4.39 Å². The molecular weight excluding hydrogens is 263 g/mol. The summed E-state index contributed by atoms with van der Waals surface area (Å²) < 4.78 is 19.4. The van der Waals surface area contributed by atoms with E-state index in [2.05, 4.69) is 26.0 Å². The van der Waals surface area contributed by atoms with Gasteiger partial charge in [-0.15, -0.1) is 0 Å². The maximum Gasteiger partial charge on any atom is 0.165 e. The van der Waals surface area contributed by atoms with Crippen molar-refractivity contribution < 1.29 is 9.13 Å². The summed E-state index contributed by atoms with van der Waals surface area (Å²) in [5.41, 5.74) is 1.11. The molecule has 0 spiro atoms. The Balaban J connectivity index is 2.01. The molecule has 2 rings (SSSR count). The Bertz CT molecular complexity index is 530. The Hall–Kier alpha value is -1.57. The van der Waals surface area contributed by atoms with Crippen molar-refractivity contribution in [3.63, 3.8) is 0 Å². The Morgan fingerprint density at radius 2 is 2.10 bits per heavy atom. The number of rotatable bonds is 6. The Labute approximate surface area is 127 Å². The van der Waals surface area contributed by atoms with Gasteiger partial charge >= 0.3 is 0 Å². The van der Waals surface area contributed by atoms with Crippen LogP contribution in [0.1, 0.15) is 46.5 Å². The molecule has 2 unspecified atom stereocenters. The predicted octanol–water partition coefficient (Wildman–Crippen LogP) is 5.88. The van der Waals surface area contributed by atoms with Gasteiger partial charge in [-0.05, 0) is 49.0 Å². The first kappa shape index (κ1) is 15.8. The lowest BCUT2D eigenvalue weighted by atomic mass is 9.83. The minimum Gasteiger partial charge on any atom is -0.454 e. The molecule has 0 N–H and O–H groups in total. The van der Waals surface area contributed by atoms with Gasteiger partial charge in [-0.1, -0.05) is 51.3 Å². The van der Waals surface area contributed by atoms with Crippen LogP contribution in [0.5, 0.6) is 5.75 Å². The SMILES string of the molecule is CCCCC(C)C1C=C(C)C(Oc2ccccc2F)=CC1. The molecule has 2 atom stereocenters. The Morgan fingerprint density at radius 3 is 2.76 bits per heavy atom. The molecule has 1 aliphatic carbocycles. The molecule has 1 aromatic rings. The zero-order valence-corrected chi connectivity index (χ0v) is 13.2. The van der Waals surface area contributed by atoms with Crippen molar-refractivity contribution in [2.24, 2.45) is 11.8 Å². The van der Waals surface area contributed by atoms with Gasteiger partial charge in [0.25, 0.3) is 0 Å². The van der Waals surface area contributed by atoms with Crippen LogP contribution in [0.2, 0.25) is 0 Å². The smallest absolute Gasteiger partial charge is 0.165 e. The second-order valence-corrected chi connectivity index (χ2v) is 5.97. The van der Waals surface area contributed by atoms with Gasteiger partial charge in [-0.2, -0.15) is 0 Å². The number of allylic oxidation sites excluding steroid dienone is 3. The van der Waals surface area contributed by atoms with Gasteiger partial charge in [-0.25, -0.2) is 4.39 Å². The van der Waals surface area contributed by atoms with Gasteiger partial charge in [0.1, 0.15) is 5.76 Å². The van der Waals surface area contributed by atoms with Crippen LogP contribution in [0.15, 0.2) is 47.7 Å². The summed E-state index contributed by atoms with van der Waals surface area (Å²) in [5, 5.41) is 0. The number of unbranched alkanes of at least 4 members (excludes halogenated alkanes) is 1. The third kappa shape index (κ3) is 4.20. The van der Waals surface area contributed by atoms with Gasteiger partial charge in [0.2, 0.25) is 0 Å². The van der Waals surface area contributed by atoms with Gasteiger partial charge in [-0.3, -0.25) is 0 Å². The second-order valence-electron chi connectivity index (χ2n) is 5.97. The highest BCUT2D eigenvalue weighted by Crippen LogP contribution is 2.32. The average Bonchev–Trinajstić information content (AvgIpc) is 2.49. The van der Waals surface area contributed by atoms with E-state index in [0.29, 0.717) is 17.6 Å². The zero-order valence-electron chi connectivity index (χ0n) is 13.2. The monoisotopic (exact) mass is 288 g/mol. The summed E-state index contributed by atoms with van der Waals surface area (Å²) in [6, 6.07) is 6.55. The normalized spacial score (nSPS) is 19.7. The van der Waals surface area contributed by atoms with Crippen molar-refractivity contribution in [2.75, 3.05) is 0 Å². The summed E-state index contributed by atoms with van der Waals surface area (Å²) >= 11 is 0. The lowest BCUT2D eigenvalue weighted by Crippen LogP contribution is -2.14. The molecule has 0 heterocycles. The first-order valence-electron chi connectivity index (χ1n) is 7.93. The first-order valence-corrected chi connectivity index (χ1v) is 7.93. The van der Waals surface area contributed by atoms with Gasteiger partial charge in [0.15, 0.2) is 11.6 Å². The number of ether oxygens (including phenoxy) is 1. The lowest BCUT2D eigenvalue weighted by molar-refractivity contribution is 0.362. The van der Waals surface area contributed by atoms with Crippen molar-refractivity contribution in [1.29, 1.82) is 0 Å². The van der Waals surface area contributed by atoms with Crippen molar-refractivity contribution in [2.45, 2.75) is 46.5 Å². The molecule has 21 heavy (non-hydrogen) atoms. The zero-order chi connectivity index (χ0) is 15.2. The summed E-state index contributed by atoms with van der Waals surface area (Å²) in [4.78, 5) is 0. The van der Waals surface area contributed by atoms with Gasteiger partial charge in [0, 0.05) is 0 Å². The van der Waals surface area contributed by atoms with Crippen LogP contribution in [0.4, 0.5) is 4.39 Å². The van der Waals surface area contributed by atoms with E-state index < -0.39 is 0 Å². The summed E-state index contributed by atoms with van der Waals surface area (Å²) in [6.45, 7) is 6.60. The molecule has 0 bridgehead atoms. The van der Waals surface area contributed by atoms with E-state index in [4.69, 9.17) is 4.74 Å². The van der Waals surface area contributed by atoms with Crippen molar-refractivity contribution in [3.8, 4) is 5.75 Å². The summed E-state index contributed by atoms with van der Waals surface area (Å²) in [5.74, 6) is 2.04. The summed E-state index contributed by atoms with van der Waals surface area (Å²) in [7, 11) is 0. The highest BCUT2D eigenvalue weighted by atomic mass is 19.1. The third-order valence-electron chi connectivity index (χ3n) is 4.23. The second kappa shape index (κ2) is 7.44. The van der Waals surface area contributed by atoms with Crippen LogP contribution >= 0.6 is 0 Å². The number of benzene rings is 1. The molecular formula is C19H25FO. The van der Waals surface area contributed by atoms with E-state index >= 15 is 0 Å². The molecule has 0 amide bonds. The van der Waals surface area contributed by atoms with Gasteiger partial charge < -0.3 is 4.74 Å². The highest BCUT2D eigenvalue weighted by molar-refractivity contribution is 5.34. The van der Waals surface area contributed by atoms with E-state index in [-0.39, 0.29) is 5.82 Å². The maximum atomic E-state index is 13.6. The van der Waals surface area contributed by atoms with E-state index in [1.165, 1.54) is 25.3 Å². The van der Waals surface area contributed by atoms with Crippen LogP contribution in [-0.2, 0) is 0 Å². The number of para-hydroxylation sites is 1. The molecule has 1 nitrogen and oxygen atoms in total. The molecule has 1 aliphatic rings. The maximum absolute atomic E-state index is 13.6. The predicted molar refractivity (Wildman–Crippen MR) is 85.7 cm³/mol. The fourth-order valence-corrected chi connectivity index (χ4v) is 2.78. The fraction of sp³-hybridized carbons (Fsp3) is 0.474. The fourth-order valence-electron chi connectivity index (χ4n) is 2.78.